The molecule has 3 rings (SSSR count). The molecule has 2 N–H and O–H groups in total. The second-order valence-corrected chi connectivity index (χ2v) is 8.50. The van der Waals surface area contributed by atoms with E-state index in [1.165, 1.54) is 17.7 Å². The van der Waals surface area contributed by atoms with Gasteiger partial charge in [-0.1, -0.05) is 6.07 Å². The summed E-state index contributed by atoms with van der Waals surface area (Å²) in [5.41, 5.74) is 0. The van der Waals surface area contributed by atoms with Gasteiger partial charge in [-0.2, -0.15) is 0 Å². The van der Waals surface area contributed by atoms with Crippen molar-refractivity contribution in [3.63, 3.8) is 0 Å². The van der Waals surface area contributed by atoms with Gasteiger partial charge >= 0.3 is 0 Å². The summed E-state index contributed by atoms with van der Waals surface area (Å²) in [6, 6.07) is 4.75. The molecule has 1 fully saturated rings. The lowest BCUT2D eigenvalue weighted by atomic mass is 10.2. The van der Waals surface area contributed by atoms with Crippen molar-refractivity contribution < 1.29 is 4.74 Å². The van der Waals surface area contributed by atoms with E-state index in [0.717, 1.165) is 63.4 Å². The van der Waals surface area contributed by atoms with Crippen molar-refractivity contribution in [2.45, 2.75) is 45.7 Å². The molecule has 1 saturated heterocycles. The van der Waals surface area contributed by atoms with Gasteiger partial charge in [-0.05, 0) is 57.6 Å². The van der Waals surface area contributed by atoms with Crippen LogP contribution in [-0.4, -0.2) is 65.0 Å². The summed E-state index contributed by atoms with van der Waals surface area (Å²) < 4.78 is 7.43. The lowest BCUT2D eigenvalue weighted by Gasteiger charge is -2.27. The molecule has 0 bridgehead atoms. The standard InChI is InChI=1S/C21H35N7OS/c1-4-29-13-8-10-22-21(24-16-20-26-25-17(2)27(20)3)23-15-18(19-9-7-14-30-19)28-11-5-6-12-28/h7,9,14,18H,4-6,8,10-13,15-16H2,1-3H3,(H2,22,23,24). The van der Waals surface area contributed by atoms with E-state index in [4.69, 9.17) is 9.73 Å². The van der Waals surface area contributed by atoms with Crippen molar-refractivity contribution in [2.75, 3.05) is 39.4 Å². The largest absolute Gasteiger partial charge is 0.382 e. The summed E-state index contributed by atoms with van der Waals surface area (Å²) in [5, 5.41) is 17.6. The molecular weight excluding hydrogens is 398 g/mol. The Hall–Kier alpha value is -1.97. The quantitative estimate of drug-likeness (QED) is 0.322. The van der Waals surface area contributed by atoms with Crippen molar-refractivity contribution in [3.8, 4) is 0 Å². The molecule has 1 aliphatic rings. The number of hydrogen-bond donors (Lipinski definition) is 2. The summed E-state index contributed by atoms with van der Waals surface area (Å²) in [5.74, 6) is 2.57. The molecule has 0 saturated carbocycles. The average molecular weight is 434 g/mol. The molecule has 9 heteroatoms. The van der Waals surface area contributed by atoms with Gasteiger partial charge in [0.25, 0.3) is 0 Å². The van der Waals surface area contributed by atoms with E-state index in [1.54, 1.807) is 0 Å². The molecule has 1 unspecified atom stereocenters. The summed E-state index contributed by atoms with van der Waals surface area (Å²) in [7, 11) is 1.98. The van der Waals surface area contributed by atoms with Gasteiger partial charge in [0, 0.05) is 38.2 Å². The highest BCUT2D eigenvalue weighted by molar-refractivity contribution is 7.10. The maximum atomic E-state index is 5.45. The number of aryl methyl sites for hydroxylation is 1. The maximum absolute atomic E-state index is 5.45. The van der Waals surface area contributed by atoms with Gasteiger partial charge in [-0.25, -0.2) is 4.99 Å². The number of nitrogens with one attached hydrogen (secondary N) is 2. The minimum Gasteiger partial charge on any atom is -0.382 e. The third-order valence-electron chi connectivity index (χ3n) is 5.44. The van der Waals surface area contributed by atoms with Crippen molar-refractivity contribution >= 4 is 17.3 Å². The van der Waals surface area contributed by atoms with Crippen molar-refractivity contribution in [2.24, 2.45) is 12.0 Å². The number of aromatic nitrogens is 3. The maximum Gasteiger partial charge on any atom is 0.191 e. The molecule has 0 spiro atoms. The second kappa shape index (κ2) is 12.0. The van der Waals surface area contributed by atoms with Gasteiger partial charge in [0.15, 0.2) is 11.8 Å². The lowest BCUT2D eigenvalue weighted by Crippen LogP contribution is -2.43. The number of nitrogens with zero attached hydrogens (tertiary/aromatic N) is 5. The molecule has 1 aliphatic heterocycles. The SMILES string of the molecule is CCOCCCNC(=NCc1nnc(C)n1C)NCC(c1cccs1)N1CCCC1. The lowest BCUT2D eigenvalue weighted by molar-refractivity contribution is 0.145. The number of guanidine groups is 1. The second-order valence-electron chi connectivity index (χ2n) is 7.52. The highest BCUT2D eigenvalue weighted by Crippen LogP contribution is 2.27. The van der Waals surface area contributed by atoms with Crippen LogP contribution in [0.3, 0.4) is 0 Å². The van der Waals surface area contributed by atoms with E-state index in [-0.39, 0.29) is 0 Å². The minimum absolute atomic E-state index is 0.375. The van der Waals surface area contributed by atoms with E-state index >= 15 is 0 Å². The van der Waals surface area contributed by atoms with Crippen LogP contribution in [0.25, 0.3) is 0 Å². The zero-order valence-electron chi connectivity index (χ0n) is 18.4. The van der Waals surface area contributed by atoms with Crippen LogP contribution < -0.4 is 10.6 Å². The van der Waals surface area contributed by atoms with Gasteiger partial charge < -0.3 is 19.9 Å². The minimum atomic E-state index is 0.375. The number of hydrogen-bond acceptors (Lipinski definition) is 6. The van der Waals surface area contributed by atoms with Crippen LogP contribution in [0.15, 0.2) is 22.5 Å². The predicted molar refractivity (Wildman–Crippen MR) is 122 cm³/mol. The van der Waals surface area contributed by atoms with E-state index in [1.807, 2.05) is 36.8 Å². The van der Waals surface area contributed by atoms with E-state index in [2.05, 4.69) is 43.2 Å². The van der Waals surface area contributed by atoms with Gasteiger partial charge in [0.05, 0.1) is 6.04 Å². The fourth-order valence-corrected chi connectivity index (χ4v) is 4.44. The van der Waals surface area contributed by atoms with Crippen molar-refractivity contribution in [1.29, 1.82) is 0 Å². The molecular formula is C21H35N7OS. The number of ether oxygens (including phenoxy) is 1. The van der Waals surface area contributed by atoms with Crippen LogP contribution in [0.5, 0.6) is 0 Å². The highest BCUT2D eigenvalue weighted by atomic mass is 32.1. The molecule has 2 aromatic rings. The fourth-order valence-electron chi connectivity index (χ4n) is 3.58. The van der Waals surface area contributed by atoms with Crippen LogP contribution in [0.2, 0.25) is 0 Å². The van der Waals surface area contributed by atoms with Crippen LogP contribution in [0, 0.1) is 6.92 Å². The molecule has 30 heavy (non-hydrogen) atoms. The van der Waals surface area contributed by atoms with Gasteiger partial charge in [0.1, 0.15) is 12.4 Å². The molecule has 8 nitrogen and oxygen atoms in total. The Morgan fingerprint density at radius 3 is 2.80 bits per heavy atom. The first-order valence-electron chi connectivity index (χ1n) is 10.9. The molecule has 0 aromatic carbocycles. The summed E-state index contributed by atoms with van der Waals surface area (Å²) >= 11 is 1.83. The Morgan fingerprint density at radius 1 is 1.30 bits per heavy atom. The fraction of sp³-hybridized carbons (Fsp3) is 0.667. The Labute approximate surface area is 183 Å². The predicted octanol–water partition coefficient (Wildman–Crippen LogP) is 2.48. The smallest absolute Gasteiger partial charge is 0.191 e. The Morgan fingerprint density at radius 2 is 2.13 bits per heavy atom. The first-order chi connectivity index (χ1) is 14.7. The number of aliphatic imine (C=N–C) groups is 1. The highest BCUT2D eigenvalue weighted by Gasteiger charge is 2.24. The Kier molecular flexibility index (Phi) is 9.10. The molecule has 1 atom stereocenters. The molecule has 0 amide bonds. The van der Waals surface area contributed by atoms with Crippen LogP contribution in [0.1, 0.15) is 48.8 Å². The first kappa shape index (κ1) is 22.7. The topological polar surface area (TPSA) is 79.6 Å². The van der Waals surface area contributed by atoms with Gasteiger partial charge in [-0.15, -0.1) is 21.5 Å². The molecule has 2 aromatic heterocycles. The van der Waals surface area contributed by atoms with Gasteiger partial charge in [0.2, 0.25) is 0 Å². The van der Waals surface area contributed by atoms with E-state index < -0.39 is 0 Å². The average Bonchev–Trinajstić information content (AvgIpc) is 3.51. The zero-order chi connectivity index (χ0) is 21.2. The Bertz CT molecular complexity index is 768. The molecule has 3 heterocycles. The van der Waals surface area contributed by atoms with Crippen molar-refractivity contribution in [3.05, 3.63) is 34.0 Å². The van der Waals surface area contributed by atoms with Crippen LogP contribution in [0.4, 0.5) is 0 Å². The first-order valence-corrected chi connectivity index (χ1v) is 11.8. The number of thiophene rings is 1. The number of likely N-dealkylation sites (tertiary alicyclic amines) is 1. The molecule has 0 aliphatic carbocycles. The van der Waals surface area contributed by atoms with E-state index in [0.29, 0.717) is 12.6 Å². The van der Waals surface area contributed by atoms with Crippen molar-refractivity contribution in [1.82, 2.24) is 30.3 Å². The van der Waals surface area contributed by atoms with Crippen LogP contribution >= 0.6 is 11.3 Å². The normalized spacial score (nSPS) is 16.2. The summed E-state index contributed by atoms with van der Waals surface area (Å²) in [4.78, 5) is 8.77. The summed E-state index contributed by atoms with van der Waals surface area (Å²) in [6.45, 7) is 9.94. The third kappa shape index (κ3) is 6.52. The molecule has 166 valence electrons. The van der Waals surface area contributed by atoms with Gasteiger partial charge in [-0.3, -0.25) is 4.90 Å². The van der Waals surface area contributed by atoms with E-state index in [9.17, 15) is 0 Å². The number of rotatable bonds is 11. The third-order valence-corrected chi connectivity index (χ3v) is 6.41. The Balaban J connectivity index is 1.63. The van der Waals surface area contributed by atoms with Crippen LogP contribution in [-0.2, 0) is 18.3 Å². The monoisotopic (exact) mass is 433 g/mol. The summed E-state index contributed by atoms with van der Waals surface area (Å²) in [6.07, 6.45) is 3.51. The zero-order valence-corrected chi connectivity index (χ0v) is 19.2. The molecule has 0 radical (unpaired) electrons.